The van der Waals surface area contributed by atoms with Crippen molar-refractivity contribution in [2.45, 2.75) is 13.8 Å². The zero-order valence-corrected chi connectivity index (χ0v) is 7.83. The van der Waals surface area contributed by atoms with Gasteiger partial charge in [0.15, 0.2) is 0 Å². The Morgan fingerprint density at radius 3 is 2.15 bits per heavy atom. The highest BCUT2D eigenvalue weighted by Crippen LogP contribution is 2.05. The van der Waals surface area contributed by atoms with Gasteiger partial charge in [-0.1, -0.05) is 16.6 Å². The number of hydrogen-bond donors (Lipinski definition) is 2. The molecule has 0 unspecified atom stereocenters. The molecule has 0 amide bonds. The quantitative estimate of drug-likeness (QED) is 0.201. The Balaban J connectivity index is 3.29. The lowest BCUT2D eigenvalue weighted by molar-refractivity contribution is 1.22. The second-order valence-corrected chi connectivity index (χ2v) is 3.04. The van der Waals surface area contributed by atoms with Crippen LogP contribution in [0.2, 0.25) is 0 Å². The molecule has 0 aliphatic heterocycles. The van der Waals surface area contributed by atoms with E-state index in [4.69, 9.17) is 19.4 Å². The van der Waals surface area contributed by atoms with E-state index in [2.05, 4.69) is 5.10 Å². The molecule has 0 aliphatic carbocycles. The van der Waals surface area contributed by atoms with E-state index in [9.17, 15) is 0 Å². The first-order valence-corrected chi connectivity index (χ1v) is 3.96. The minimum atomic E-state index is 0.325. The third kappa shape index (κ3) is 1.83. The minimum absolute atomic E-state index is 0.325. The fourth-order valence-electron chi connectivity index (χ4n) is 1.20. The van der Waals surface area contributed by atoms with E-state index >= 15 is 0 Å². The maximum Gasteiger partial charge on any atom is 0.150 e. The van der Waals surface area contributed by atoms with Crippen molar-refractivity contribution in [3.05, 3.63) is 28.8 Å². The number of aryl methyl sites for hydroxylation is 2. The molecule has 0 bridgehead atoms. The normalized spacial score (nSPS) is 11.7. The van der Waals surface area contributed by atoms with E-state index in [0.717, 1.165) is 22.2 Å². The molecule has 1 aromatic rings. The maximum atomic E-state index is 5.78. The summed E-state index contributed by atoms with van der Waals surface area (Å²) >= 11 is 0. The number of hydrazone groups is 1. The van der Waals surface area contributed by atoms with Crippen molar-refractivity contribution in [1.29, 1.82) is 0 Å². The molecule has 1 aromatic carbocycles. The zero-order chi connectivity index (χ0) is 10.0. The van der Waals surface area contributed by atoms with E-state index in [0.29, 0.717) is 5.84 Å². The molecule has 13 heavy (non-hydrogen) atoms. The number of rotatable bonds is 1. The molecule has 0 heterocycles. The molecule has 4 N–H and O–H groups in total. The van der Waals surface area contributed by atoms with Crippen molar-refractivity contribution < 1.29 is 0 Å². The first-order chi connectivity index (χ1) is 6.06. The summed E-state index contributed by atoms with van der Waals surface area (Å²) in [7, 11) is 5.78. The van der Waals surface area contributed by atoms with Gasteiger partial charge < -0.3 is 11.6 Å². The van der Waals surface area contributed by atoms with Crippen LogP contribution in [0.5, 0.6) is 0 Å². The minimum Gasteiger partial charge on any atom is -0.382 e. The van der Waals surface area contributed by atoms with Crippen LogP contribution in [0, 0.1) is 13.8 Å². The highest BCUT2D eigenvalue weighted by Gasteiger charge is 2.02. The monoisotopic (exact) mass is 173 g/mol. The second-order valence-electron chi connectivity index (χ2n) is 3.04. The van der Waals surface area contributed by atoms with Crippen LogP contribution in [-0.2, 0) is 0 Å². The number of nitrogens with zero attached hydrogens (tertiary/aromatic N) is 1. The predicted octanol–water partition coefficient (Wildman–Crippen LogP) is -0.324. The van der Waals surface area contributed by atoms with Crippen LogP contribution < -0.4 is 17.0 Å². The van der Waals surface area contributed by atoms with Gasteiger partial charge in [0.05, 0.1) is 0 Å². The predicted molar refractivity (Wildman–Crippen MR) is 56.2 cm³/mol. The molecule has 4 heteroatoms. The van der Waals surface area contributed by atoms with E-state index in [-0.39, 0.29) is 0 Å². The Morgan fingerprint density at radius 2 is 1.77 bits per heavy atom. The summed E-state index contributed by atoms with van der Waals surface area (Å²) in [6, 6.07) is 3.74. The molecule has 1 rings (SSSR count). The second kappa shape index (κ2) is 3.52. The van der Waals surface area contributed by atoms with Gasteiger partial charge in [0.25, 0.3) is 0 Å². The van der Waals surface area contributed by atoms with Gasteiger partial charge in [-0.25, -0.2) is 0 Å². The van der Waals surface area contributed by atoms with Crippen molar-refractivity contribution >= 4 is 19.1 Å². The van der Waals surface area contributed by atoms with Crippen LogP contribution in [0.1, 0.15) is 16.7 Å². The number of amidine groups is 1. The maximum absolute atomic E-state index is 5.78. The van der Waals surface area contributed by atoms with Crippen LogP contribution in [0.4, 0.5) is 0 Å². The van der Waals surface area contributed by atoms with Crippen LogP contribution in [0.25, 0.3) is 0 Å². The summed E-state index contributed by atoms with van der Waals surface area (Å²) < 4.78 is 0. The Hall–Kier alpha value is -1.45. The average Bonchev–Trinajstić information content (AvgIpc) is 2.12. The van der Waals surface area contributed by atoms with Crippen LogP contribution in [0.15, 0.2) is 17.2 Å². The lowest BCUT2D eigenvalue weighted by Crippen LogP contribution is -2.19. The van der Waals surface area contributed by atoms with E-state index in [1.807, 2.05) is 26.0 Å². The van der Waals surface area contributed by atoms with Crippen LogP contribution in [0.3, 0.4) is 0 Å². The van der Waals surface area contributed by atoms with Gasteiger partial charge >= 0.3 is 0 Å². The smallest absolute Gasteiger partial charge is 0.150 e. The average molecular weight is 173 g/mol. The molecule has 0 aromatic heterocycles. The van der Waals surface area contributed by atoms with Gasteiger partial charge in [0.2, 0.25) is 0 Å². The first kappa shape index (κ1) is 9.64. The molecule has 0 spiro atoms. The number of hydrogen-bond acceptors (Lipinski definition) is 2. The lowest BCUT2D eigenvalue weighted by Gasteiger charge is -2.08. The van der Waals surface area contributed by atoms with E-state index in [1.165, 1.54) is 0 Å². The molecule has 2 radical (unpaired) electrons. The molecular formula is C9H12BN3. The molecule has 0 aliphatic rings. The Morgan fingerprint density at radius 1 is 1.31 bits per heavy atom. The van der Waals surface area contributed by atoms with Crippen molar-refractivity contribution in [3.63, 3.8) is 0 Å². The molecule has 0 saturated heterocycles. The highest BCUT2D eigenvalue weighted by molar-refractivity contribution is 6.34. The molecule has 66 valence electrons. The summed E-state index contributed by atoms with van der Waals surface area (Å²) in [6.07, 6.45) is 0. The van der Waals surface area contributed by atoms with Gasteiger partial charge in [0.1, 0.15) is 13.7 Å². The molecule has 0 saturated carbocycles. The van der Waals surface area contributed by atoms with Gasteiger partial charge in [-0.3, -0.25) is 0 Å². The van der Waals surface area contributed by atoms with E-state index in [1.54, 1.807) is 0 Å². The van der Waals surface area contributed by atoms with Gasteiger partial charge in [0, 0.05) is 5.56 Å². The SMILES string of the molecule is [B]c1c(C)cc(/C(N)=N/N)cc1C. The van der Waals surface area contributed by atoms with Gasteiger partial charge in [-0.05, 0) is 26.0 Å². The zero-order valence-electron chi connectivity index (χ0n) is 7.83. The summed E-state index contributed by atoms with van der Waals surface area (Å²) in [6.45, 7) is 3.85. The third-order valence-corrected chi connectivity index (χ3v) is 2.03. The molecule has 0 fully saturated rings. The van der Waals surface area contributed by atoms with Crippen molar-refractivity contribution in [2.24, 2.45) is 16.7 Å². The number of nitrogens with two attached hydrogens (primary N) is 2. The van der Waals surface area contributed by atoms with E-state index < -0.39 is 0 Å². The molecule has 3 nitrogen and oxygen atoms in total. The van der Waals surface area contributed by atoms with Crippen molar-refractivity contribution in [2.75, 3.05) is 0 Å². The topological polar surface area (TPSA) is 64.4 Å². The van der Waals surface area contributed by atoms with Crippen molar-refractivity contribution in [1.82, 2.24) is 0 Å². The van der Waals surface area contributed by atoms with Crippen LogP contribution >= 0.6 is 0 Å². The number of benzene rings is 1. The first-order valence-electron chi connectivity index (χ1n) is 3.96. The standard InChI is InChI=1S/C9H12BN3/c1-5-3-7(9(11)13-12)4-6(2)8(5)10/h3-4H,12H2,1-2H3,(H2,11,13). The highest BCUT2D eigenvalue weighted by atomic mass is 15.1. The Bertz CT molecular complexity index is 335. The fourth-order valence-corrected chi connectivity index (χ4v) is 1.20. The molecular weight excluding hydrogens is 161 g/mol. The molecule has 0 atom stereocenters. The Labute approximate surface area is 79.2 Å². The Kier molecular flexibility index (Phi) is 2.61. The lowest BCUT2D eigenvalue weighted by atomic mass is 9.85. The van der Waals surface area contributed by atoms with Gasteiger partial charge in [-0.2, -0.15) is 5.10 Å². The largest absolute Gasteiger partial charge is 0.382 e. The fraction of sp³-hybridized carbons (Fsp3) is 0.222. The summed E-state index contributed by atoms with van der Waals surface area (Å²) in [5.74, 6) is 5.40. The third-order valence-electron chi connectivity index (χ3n) is 2.03. The van der Waals surface area contributed by atoms with Crippen molar-refractivity contribution in [3.8, 4) is 0 Å². The summed E-state index contributed by atoms with van der Waals surface area (Å²) in [5.41, 5.74) is 9.14. The summed E-state index contributed by atoms with van der Waals surface area (Å²) in [4.78, 5) is 0. The summed E-state index contributed by atoms with van der Waals surface area (Å²) in [5, 5.41) is 3.42. The van der Waals surface area contributed by atoms with Gasteiger partial charge in [-0.15, -0.1) is 0 Å². The van der Waals surface area contributed by atoms with Crippen LogP contribution in [-0.4, -0.2) is 13.7 Å².